The standard InChI is InChI=1S/C13H17N3O6/c1-7-5-15(12(19)14-11(7)18)10-4-9(22-8(2)17)6-16(10)13(20)21-3/h5,9-10H,4,6H2,1-3H3,(H,14,18,19)/t9-,10+/m1/s1. The number of esters is 1. The summed E-state index contributed by atoms with van der Waals surface area (Å²) in [4.78, 5) is 49.8. The van der Waals surface area contributed by atoms with Crippen LogP contribution in [0, 0.1) is 6.92 Å². The summed E-state index contributed by atoms with van der Waals surface area (Å²) in [5.74, 6) is -0.472. The highest BCUT2D eigenvalue weighted by Crippen LogP contribution is 2.28. The van der Waals surface area contributed by atoms with Gasteiger partial charge in [0.1, 0.15) is 12.3 Å². The van der Waals surface area contributed by atoms with Gasteiger partial charge in [-0.3, -0.25) is 24.0 Å². The van der Waals surface area contributed by atoms with E-state index >= 15 is 0 Å². The molecule has 0 aromatic carbocycles. The molecule has 0 bridgehead atoms. The molecule has 0 saturated carbocycles. The van der Waals surface area contributed by atoms with Crippen molar-refractivity contribution < 1.29 is 19.1 Å². The van der Waals surface area contributed by atoms with Gasteiger partial charge in [0.2, 0.25) is 0 Å². The van der Waals surface area contributed by atoms with E-state index in [4.69, 9.17) is 9.47 Å². The minimum atomic E-state index is -0.695. The van der Waals surface area contributed by atoms with Crippen LogP contribution in [0.15, 0.2) is 15.8 Å². The molecule has 1 aliphatic rings. The Morgan fingerprint density at radius 2 is 2.05 bits per heavy atom. The van der Waals surface area contributed by atoms with E-state index in [1.165, 1.54) is 29.7 Å². The van der Waals surface area contributed by atoms with Crippen LogP contribution in [0.25, 0.3) is 0 Å². The molecule has 1 fully saturated rings. The van der Waals surface area contributed by atoms with E-state index in [1.807, 2.05) is 0 Å². The second-order valence-corrected chi connectivity index (χ2v) is 5.05. The number of H-pyrrole nitrogens is 1. The number of likely N-dealkylation sites (tertiary alicyclic amines) is 1. The maximum atomic E-state index is 12.0. The Bertz CT molecular complexity index is 706. The molecule has 2 atom stereocenters. The third-order valence-corrected chi connectivity index (χ3v) is 3.44. The number of carbonyl (C=O) groups is 2. The van der Waals surface area contributed by atoms with Gasteiger partial charge in [-0.2, -0.15) is 0 Å². The third-order valence-electron chi connectivity index (χ3n) is 3.44. The predicted octanol–water partition coefficient (Wildman–Crippen LogP) is -0.253. The Morgan fingerprint density at radius 3 is 2.64 bits per heavy atom. The monoisotopic (exact) mass is 311 g/mol. The molecular weight excluding hydrogens is 294 g/mol. The average molecular weight is 311 g/mol. The van der Waals surface area contributed by atoms with Gasteiger partial charge in [0.25, 0.3) is 5.56 Å². The van der Waals surface area contributed by atoms with Gasteiger partial charge in [-0.1, -0.05) is 0 Å². The van der Waals surface area contributed by atoms with Crippen LogP contribution in [0.3, 0.4) is 0 Å². The van der Waals surface area contributed by atoms with Gasteiger partial charge in [-0.05, 0) is 6.92 Å². The molecule has 9 heteroatoms. The van der Waals surface area contributed by atoms with Gasteiger partial charge in [-0.15, -0.1) is 0 Å². The fraction of sp³-hybridized carbons (Fsp3) is 0.538. The van der Waals surface area contributed by atoms with Gasteiger partial charge in [-0.25, -0.2) is 9.59 Å². The van der Waals surface area contributed by atoms with Crippen LogP contribution < -0.4 is 11.2 Å². The van der Waals surface area contributed by atoms with Crippen LogP contribution in [0.5, 0.6) is 0 Å². The number of nitrogens with zero attached hydrogens (tertiary/aromatic N) is 2. The lowest BCUT2D eigenvalue weighted by molar-refractivity contribution is -0.145. The summed E-state index contributed by atoms with van der Waals surface area (Å²) >= 11 is 0. The lowest BCUT2D eigenvalue weighted by Crippen LogP contribution is -2.40. The SMILES string of the molecule is COC(=O)N1C[C@H](OC(C)=O)C[C@H]1n1cc(C)c(=O)[nH]c1=O. The molecule has 120 valence electrons. The van der Waals surface area contributed by atoms with Crippen LogP contribution in [0.4, 0.5) is 4.79 Å². The summed E-state index contributed by atoms with van der Waals surface area (Å²) in [6.07, 6.45) is -0.270. The molecule has 1 amide bonds. The summed E-state index contributed by atoms with van der Waals surface area (Å²) in [5.41, 5.74) is -0.793. The molecule has 1 aromatic rings. The minimum Gasteiger partial charge on any atom is -0.461 e. The van der Waals surface area contributed by atoms with E-state index in [0.29, 0.717) is 5.56 Å². The van der Waals surface area contributed by atoms with Crippen LogP contribution >= 0.6 is 0 Å². The molecule has 1 aliphatic heterocycles. The zero-order chi connectivity index (χ0) is 16.4. The maximum Gasteiger partial charge on any atom is 0.411 e. The summed E-state index contributed by atoms with van der Waals surface area (Å²) in [5, 5.41) is 0. The quantitative estimate of drug-likeness (QED) is 0.754. The largest absolute Gasteiger partial charge is 0.461 e. The second-order valence-electron chi connectivity index (χ2n) is 5.05. The van der Waals surface area contributed by atoms with E-state index in [1.54, 1.807) is 6.92 Å². The number of hydrogen-bond donors (Lipinski definition) is 1. The number of amides is 1. The van der Waals surface area contributed by atoms with Crippen molar-refractivity contribution in [1.82, 2.24) is 14.5 Å². The smallest absolute Gasteiger partial charge is 0.411 e. The van der Waals surface area contributed by atoms with Crippen molar-refractivity contribution in [2.75, 3.05) is 13.7 Å². The number of carbonyl (C=O) groups excluding carboxylic acids is 2. The lowest BCUT2D eigenvalue weighted by atomic mass is 10.2. The first kappa shape index (κ1) is 15.8. The molecule has 2 heterocycles. The number of ether oxygens (including phenoxy) is 2. The van der Waals surface area contributed by atoms with E-state index in [9.17, 15) is 19.2 Å². The van der Waals surface area contributed by atoms with Crippen molar-refractivity contribution in [2.45, 2.75) is 32.5 Å². The Kier molecular flexibility index (Phi) is 4.34. The van der Waals surface area contributed by atoms with E-state index in [-0.39, 0.29) is 13.0 Å². The number of nitrogens with one attached hydrogen (secondary N) is 1. The van der Waals surface area contributed by atoms with Gasteiger partial charge >= 0.3 is 17.8 Å². The van der Waals surface area contributed by atoms with Crippen LogP contribution in [-0.2, 0) is 14.3 Å². The van der Waals surface area contributed by atoms with E-state index in [2.05, 4.69) is 4.98 Å². The first-order valence-electron chi connectivity index (χ1n) is 6.67. The summed E-state index contributed by atoms with van der Waals surface area (Å²) in [6, 6.07) is 0. The Balaban J connectivity index is 2.39. The molecule has 1 saturated heterocycles. The number of aromatic nitrogens is 2. The summed E-state index contributed by atoms with van der Waals surface area (Å²) in [6.45, 7) is 2.93. The summed E-state index contributed by atoms with van der Waals surface area (Å²) in [7, 11) is 1.22. The highest BCUT2D eigenvalue weighted by molar-refractivity contribution is 5.69. The topological polar surface area (TPSA) is 111 Å². The Morgan fingerprint density at radius 1 is 1.36 bits per heavy atom. The van der Waals surface area contributed by atoms with Crippen LogP contribution in [0.2, 0.25) is 0 Å². The van der Waals surface area contributed by atoms with Crippen molar-refractivity contribution in [2.24, 2.45) is 0 Å². The van der Waals surface area contributed by atoms with Crippen molar-refractivity contribution in [3.63, 3.8) is 0 Å². The zero-order valence-electron chi connectivity index (χ0n) is 12.5. The van der Waals surface area contributed by atoms with Crippen LogP contribution in [0.1, 0.15) is 25.1 Å². The fourth-order valence-electron chi connectivity index (χ4n) is 2.48. The highest BCUT2D eigenvalue weighted by atomic mass is 16.6. The molecule has 2 rings (SSSR count). The molecule has 22 heavy (non-hydrogen) atoms. The first-order chi connectivity index (χ1) is 10.3. The number of hydrogen-bond acceptors (Lipinski definition) is 6. The fourth-order valence-corrected chi connectivity index (χ4v) is 2.48. The molecule has 0 aliphatic carbocycles. The molecule has 0 unspecified atom stereocenters. The summed E-state index contributed by atoms with van der Waals surface area (Å²) < 4.78 is 11.0. The van der Waals surface area contributed by atoms with Crippen LogP contribution in [-0.4, -0.2) is 46.3 Å². The molecule has 1 aromatic heterocycles. The number of rotatable bonds is 2. The number of aromatic amines is 1. The maximum absolute atomic E-state index is 12.0. The minimum absolute atomic E-state index is 0.113. The Hall–Kier alpha value is -2.58. The molecule has 0 radical (unpaired) electrons. The lowest BCUT2D eigenvalue weighted by Gasteiger charge is -2.24. The predicted molar refractivity (Wildman–Crippen MR) is 74.4 cm³/mol. The van der Waals surface area contributed by atoms with Gasteiger partial charge in [0.05, 0.1) is 13.7 Å². The average Bonchev–Trinajstić information content (AvgIpc) is 2.84. The van der Waals surface area contributed by atoms with Gasteiger partial charge < -0.3 is 9.47 Å². The second kappa shape index (κ2) is 6.04. The van der Waals surface area contributed by atoms with E-state index in [0.717, 1.165) is 0 Å². The van der Waals surface area contributed by atoms with Crippen molar-refractivity contribution >= 4 is 12.1 Å². The van der Waals surface area contributed by atoms with E-state index < -0.39 is 35.6 Å². The first-order valence-corrected chi connectivity index (χ1v) is 6.67. The van der Waals surface area contributed by atoms with Gasteiger partial charge in [0, 0.05) is 25.1 Å². The molecule has 0 spiro atoms. The molecule has 1 N–H and O–H groups in total. The Labute approximate surface area is 125 Å². The zero-order valence-corrected chi connectivity index (χ0v) is 12.5. The molecule has 9 nitrogen and oxygen atoms in total. The van der Waals surface area contributed by atoms with Crippen molar-refractivity contribution in [3.8, 4) is 0 Å². The normalized spacial score (nSPS) is 20.8. The third kappa shape index (κ3) is 3.02. The van der Waals surface area contributed by atoms with Crippen molar-refractivity contribution in [1.29, 1.82) is 0 Å². The molecular formula is C13H17N3O6. The number of aryl methyl sites for hydroxylation is 1. The van der Waals surface area contributed by atoms with Crippen molar-refractivity contribution in [3.05, 3.63) is 32.6 Å². The highest BCUT2D eigenvalue weighted by Gasteiger charge is 2.39. The van der Waals surface area contributed by atoms with Gasteiger partial charge in [0.15, 0.2) is 0 Å². The number of methoxy groups -OCH3 is 1.